The van der Waals surface area contributed by atoms with Crippen molar-refractivity contribution >= 4 is 29.6 Å². The Balaban J connectivity index is -0.00000153. The molecule has 0 spiro atoms. The predicted octanol–water partition coefficient (Wildman–Crippen LogP) is -15.0. The monoisotopic (exact) mass is 655 g/mol. The summed E-state index contributed by atoms with van der Waals surface area (Å²) in [6.07, 6.45) is 0. The fourth-order valence-corrected chi connectivity index (χ4v) is 3.14. The molecule has 194 valence electrons. The van der Waals surface area contributed by atoms with Crippen LogP contribution in [0.5, 0.6) is 0 Å². The van der Waals surface area contributed by atoms with Crippen LogP contribution in [0.1, 0.15) is 11.6 Å². The summed E-state index contributed by atoms with van der Waals surface area (Å²) in [6, 6.07) is 4.33. The summed E-state index contributed by atoms with van der Waals surface area (Å²) in [5.74, 6) is -5.61. The Morgan fingerprint density at radius 2 is 1.36 bits per heavy atom. The zero-order chi connectivity index (χ0) is 26.4. The van der Waals surface area contributed by atoms with Gasteiger partial charge in [0.1, 0.15) is 0 Å². The van der Waals surface area contributed by atoms with E-state index in [9.17, 15) is 39.5 Å². The van der Waals surface area contributed by atoms with Crippen LogP contribution < -0.4 is 216 Å². The van der Waals surface area contributed by atoms with Crippen molar-refractivity contribution in [1.29, 1.82) is 0 Å². The summed E-state index contributed by atoms with van der Waals surface area (Å²) in [4.78, 5) is 56.6. The van der Waals surface area contributed by atoms with E-state index in [2.05, 4.69) is 0 Å². The molecular weight excluding hydrogens is 631 g/mol. The number of ether oxygens (including phenoxy) is 2. The minimum atomic E-state index is -1.58. The Labute approximate surface area is 394 Å². The molecule has 1 atom stereocenters. The van der Waals surface area contributed by atoms with Gasteiger partial charge in [-0.1, -0.05) is 18.2 Å². The van der Waals surface area contributed by atoms with Crippen LogP contribution in [0.4, 0.5) is 5.69 Å². The number of nitro benzene ring substituents is 1. The Kier molecular flexibility index (Phi) is 35.5. The summed E-state index contributed by atoms with van der Waals surface area (Å²) in [6.45, 7) is -3.17. The van der Waals surface area contributed by atoms with Crippen molar-refractivity contribution in [1.82, 2.24) is 9.80 Å². The number of benzene rings is 1. The first kappa shape index (κ1) is 48.8. The molecule has 1 rings (SSSR count). The number of carbonyl (C=O) groups excluding carboxylic acids is 2. The Morgan fingerprint density at radius 3 is 1.87 bits per heavy atom. The summed E-state index contributed by atoms with van der Waals surface area (Å²) >= 11 is 0. The first-order chi connectivity index (χ1) is 16.5. The minimum Gasteiger partial charge on any atom is -0.549 e. The molecule has 2 N–H and O–H groups in total. The van der Waals surface area contributed by atoms with Crippen LogP contribution in [0.2, 0.25) is 0 Å². The minimum absolute atomic E-state index is 0. The van der Waals surface area contributed by atoms with Crippen molar-refractivity contribution in [2.24, 2.45) is 0 Å². The van der Waals surface area contributed by atoms with Crippen LogP contribution in [-0.2, 0) is 28.7 Å². The molecule has 19 heteroatoms. The van der Waals surface area contributed by atoms with E-state index in [0.717, 1.165) is 9.80 Å². The summed E-state index contributed by atoms with van der Waals surface area (Å²) in [5.41, 5.74) is -0.301. The van der Waals surface area contributed by atoms with Gasteiger partial charge in [-0.15, -0.1) is 0 Å². The Bertz CT molecular complexity index is 880. The fourth-order valence-electron chi connectivity index (χ4n) is 3.14. The first-order valence-corrected chi connectivity index (χ1v) is 10.2. The van der Waals surface area contributed by atoms with Crippen LogP contribution in [0.3, 0.4) is 0 Å². The van der Waals surface area contributed by atoms with Gasteiger partial charge in [0.2, 0.25) is 0 Å². The molecule has 15 nitrogen and oxygen atoms in total. The van der Waals surface area contributed by atoms with E-state index >= 15 is 0 Å². The molecule has 0 bridgehead atoms. The number of carbonyl (C=O) groups is 4. The van der Waals surface area contributed by atoms with E-state index in [4.69, 9.17) is 19.7 Å². The summed E-state index contributed by atoms with van der Waals surface area (Å²) in [7, 11) is 0. The van der Waals surface area contributed by atoms with Crippen LogP contribution in [0.25, 0.3) is 0 Å². The molecule has 0 heterocycles. The second kappa shape index (κ2) is 28.4. The van der Waals surface area contributed by atoms with E-state index in [0.29, 0.717) is 0 Å². The maximum absolute atomic E-state index is 11.4. The van der Waals surface area contributed by atoms with Crippen molar-refractivity contribution in [3.8, 4) is 0 Å². The number of nitrogens with zero attached hydrogens (tertiary/aromatic N) is 3. The van der Waals surface area contributed by atoms with Gasteiger partial charge in [-0.3, -0.25) is 29.5 Å². The molecule has 0 aliphatic heterocycles. The fraction of sp³-hybridized carbons (Fsp3) is 0.500. The van der Waals surface area contributed by atoms with Gasteiger partial charge in [0.15, 0.2) is 0 Å². The molecular formula is C20H25K4N3O12+2. The third-order valence-corrected chi connectivity index (χ3v) is 4.51. The van der Waals surface area contributed by atoms with Crippen molar-refractivity contribution in [3.63, 3.8) is 0 Å². The molecule has 0 aliphatic carbocycles. The molecule has 39 heavy (non-hydrogen) atoms. The molecule has 0 aliphatic rings. The number of aliphatic carboxylic acids is 4. The summed E-state index contributed by atoms with van der Waals surface area (Å²) in [5, 5.41) is 51.2. The smallest absolute Gasteiger partial charge is 0.549 e. The molecule has 0 saturated heterocycles. The maximum atomic E-state index is 11.4. The molecule has 1 unspecified atom stereocenters. The average molecular weight is 656 g/mol. The normalized spacial score (nSPS) is 10.7. The maximum Gasteiger partial charge on any atom is 1.00 e. The summed E-state index contributed by atoms with van der Waals surface area (Å²) < 4.78 is 10.7. The van der Waals surface area contributed by atoms with Gasteiger partial charge in [-0.25, -0.2) is 0 Å². The van der Waals surface area contributed by atoms with Crippen molar-refractivity contribution in [2.45, 2.75) is 6.04 Å². The zero-order valence-electron chi connectivity index (χ0n) is 22.6. The molecule has 1 aromatic rings. The number of carboxylic acids is 4. The molecule has 0 fully saturated rings. The van der Waals surface area contributed by atoms with E-state index in [-0.39, 0.29) is 250 Å². The van der Waals surface area contributed by atoms with Crippen LogP contribution in [-0.4, -0.2) is 108 Å². The number of hydrogen-bond donors (Lipinski definition) is 2. The van der Waals surface area contributed by atoms with E-state index < -0.39 is 61.0 Å². The number of rotatable bonds is 19. The number of hydrogen-bond acceptors (Lipinski definition) is 12. The second-order valence-electron chi connectivity index (χ2n) is 7.17. The molecule has 1 aromatic carbocycles. The number of carboxylic acid groups (broad SMARTS) is 4. The zero-order valence-corrected chi connectivity index (χ0v) is 35.1. The van der Waals surface area contributed by atoms with E-state index in [1.54, 1.807) is 0 Å². The predicted molar refractivity (Wildman–Crippen MR) is 111 cm³/mol. The van der Waals surface area contributed by atoms with Gasteiger partial charge < -0.3 is 39.5 Å². The van der Waals surface area contributed by atoms with E-state index in [1.807, 2.05) is 0 Å². The van der Waals surface area contributed by atoms with Gasteiger partial charge in [0.05, 0.1) is 62.4 Å². The third-order valence-electron chi connectivity index (χ3n) is 4.51. The quantitative estimate of drug-likeness (QED) is 0.0611. The molecule has 0 aromatic heterocycles. The van der Waals surface area contributed by atoms with Gasteiger partial charge in [0.25, 0.3) is 5.69 Å². The number of nitro groups is 1. The van der Waals surface area contributed by atoms with Gasteiger partial charge in [0, 0.05) is 31.3 Å². The van der Waals surface area contributed by atoms with Gasteiger partial charge in [-0.05, 0) is 0 Å². The van der Waals surface area contributed by atoms with Crippen LogP contribution in [0, 0.1) is 10.1 Å². The van der Waals surface area contributed by atoms with Crippen molar-refractivity contribution in [2.75, 3.05) is 59.2 Å². The van der Waals surface area contributed by atoms with Crippen molar-refractivity contribution < 1.29 is 260 Å². The number of para-hydroxylation sites is 1. The molecule has 0 amide bonds. The van der Waals surface area contributed by atoms with Gasteiger partial charge >= 0.3 is 217 Å². The van der Waals surface area contributed by atoms with Crippen molar-refractivity contribution in [3.05, 3.63) is 39.9 Å². The topological polar surface area (TPSA) is 223 Å². The van der Waals surface area contributed by atoms with Crippen LogP contribution >= 0.6 is 0 Å². The molecule has 0 saturated carbocycles. The molecule has 0 radical (unpaired) electrons. The first-order valence-electron chi connectivity index (χ1n) is 10.2. The Morgan fingerprint density at radius 1 is 0.821 bits per heavy atom. The van der Waals surface area contributed by atoms with E-state index in [1.165, 1.54) is 24.3 Å². The van der Waals surface area contributed by atoms with Gasteiger partial charge in [-0.2, -0.15) is 0 Å². The average Bonchev–Trinajstić information content (AvgIpc) is 2.73. The standard InChI is InChI=1S/C20H27N3O12.4K/c24-17(25)9-21(10-18(26)27)5-6-34-7-8-35-13-16(22(11-19(28)29)12-20(30)31)14-3-1-2-4-15(14)23(32)33;;;;/h1-4,16H,5-13H2,(H,24,25)(H,26,27)(H,28,29)(H,30,31);;;;/q;4*+1/p-2. The van der Waals surface area contributed by atoms with Crippen LogP contribution in [0.15, 0.2) is 24.3 Å². The Hall–Kier alpha value is 2.89. The largest absolute Gasteiger partial charge is 1.00 e. The third kappa shape index (κ3) is 23.0. The second-order valence-corrected chi connectivity index (χ2v) is 7.17. The SMILES string of the molecule is O=C([O-])CN(CCOCCOCC(c1ccccc1[N+](=O)[O-])N(CC(=O)[O-])CC(=O)O)CC(=O)O.[K+].[K+].[K+].[K+].